The topological polar surface area (TPSA) is 125 Å². The average Bonchev–Trinajstić information content (AvgIpc) is 3.63. The fraction of sp³-hybridized carbons (Fsp3) is 0.452. The number of aliphatic hydroxyl groups is 1. The molecule has 1 saturated carbocycles. The maximum absolute atomic E-state index is 13.6. The highest BCUT2D eigenvalue weighted by Gasteiger charge is 2.49. The van der Waals surface area contributed by atoms with Gasteiger partial charge in [-0.1, -0.05) is 67.7 Å². The zero-order valence-corrected chi connectivity index (χ0v) is 24.9. The number of nitrogens with zero attached hydrogens (tertiary/aromatic N) is 3. The maximum Gasteiger partial charge on any atom is 0.264 e. The number of amidine groups is 1. The first-order chi connectivity index (χ1) is 19.6. The molecule has 0 radical (unpaired) electrons. The Labute approximate surface area is 241 Å². The van der Waals surface area contributed by atoms with Crippen LogP contribution in [0.5, 0.6) is 0 Å². The van der Waals surface area contributed by atoms with E-state index in [2.05, 4.69) is 16.8 Å². The van der Waals surface area contributed by atoms with Gasteiger partial charge in [-0.15, -0.1) is 0 Å². The lowest BCUT2D eigenvalue weighted by molar-refractivity contribution is -0.131. The fourth-order valence-corrected chi connectivity index (χ4v) is 7.06. The molecule has 1 aliphatic heterocycles. The zero-order valence-electron chi connectivity index (χ0n) is 24.1. The Kier molecular flexibility index (Phi) is 8.07. The van der Waals surface area contributed by atoms with Crippen LogP contribution in [0, 0.1) is 13.8 Å². The largest absolute Gasteiger partial charge is 0.389 e. The van der Waals surface area contributed by atoms with Gasteiger partial charge in [0.05, 0.1) is 23.2 Å². The minimum absolute atomic E-state index is 0.0509. The van der Waals surface area contributed by atoms with Gasteiger partial charge in [0.25, 0.3) is 15.9 Å². The van der Waals surface area contributed by atoms with Crippen molar-refractivity contribution in [2.24, 2.45) is 4.99 Å². The van der Waals surface area contributed by atoms with Crippen LogP contribution in [0.15, 0.2) is 56.9 Å². The Balaban J connectivity index is 1.49. The molecule has 1 amide bonds. The zero-order chi connectivity index (χ0) is 29.4. The summed E-state index contributed by atoms with van der Waals surface area (Å²) in [5, 5.41) is 14.7. The Morgan fingerprint density at radius 2 is 1.85 bits per heavy atom. The number of hydrogen-bond acceptors (Lipinski definition) is 7. The number of amides is 1. The number of aromatic nitrogens is 1. The summed E-state index contributed by atoms with van der Waals surface area (Å²) in [5.41, 5.74) is 3.06. The van der Waals surface area contributed by atoms with E-state index >= 15 is 0 Å². The number of aryl methyl sites for hydroxylation is 1. The number of sulfonamides is 1. The van der Waals surface area contributed by atoms with Crippen molar-refractivity contribution >= 4 is 27.7 Å². The number of hydrogen-bond donors (Lipinski definition) is 2. The summed E-state index contributed by atoms with van der Waals surface area (Å²) in [5.74, 6) is 0.991. The van der Waals surface area contributed by atoms with Crippen molar-refractivity contribution in [2.45, 2.75) is 95.7 Å². The number of aliphatic hydroxyl groups excluding tert-OH is 1. The smallest absolute Gasteiger partial charge is 0.264 e. The summed E-state index contributed by atoms with van der Waals surface area (Å²) < 4.78 is 34.7. The summed E-state index contributed by atoms with van der Waals surface area (Å²) in [4.78, 5) is 20.5. The second kappa shape index (κ2) is 11.4. The number of carbonyl (C=O) groups is 1. The third kappa shape index (κ3) is 5.55. The van der Waals surface area contributed by atoms with E-state index in [0.717, 1.165) is 56.3 Å². The predicted octanol–water partition coefficient (Wildman–Crippen LogP) is 6.06. The molecular formula is C31H38N4O5S. The standard InChI is InChI=1S/C31H38N4O5S/c1-5-6-13-28-32-31(16-9-10-17-31)30(37)35(28)19-23-14-15-24(26(18-23)22(4)36)25-11-7-8-12-27(25)41(38,39)34-29-20(2)21(3)33-40-29/h7-8,11-12,14-15,18,22,34,36H,5-6,9-10,13,16-17,19H2,1-4H3. The first kappa shape index (κ1) is 29.0. The predicted molar refractivity (Wildman–Crippen MR) is 158 cm³/mol. The Hall–Kier alpha value is -3.50. The van der Waals surface area contributed by atoms with Crippen molar-refractivity contribution in [3.05, 3.63) is 64.8 Å². The van der Waals surface area contributed by atoms with Gasteiger partial charge >= 0.3 is 0 Å². The molecule has 1 unspecified atom stereocenters. The highest BCUT2D eigenvalue weighted by atomic mass is 32.2. The van der Waals surface area contributed by atoms with Crippen LogP contribution in [-0.2, 0) is 21.4 Å². The van der Waals surface area contributed by atoms with Crippen molar-refractivity contribution in [3.63, 3.8) is 0 Å². The monoisotopic (exact) mass is 578 g/mol. The van der Waals surface area contributed by atoms with Crippen LogP contribution in [-0.4, -0.2) is 40.9 Å². The van der Waals surface area contributed by atoms with Crippen LogP contribution in [0.3, 0.4) is 0 Å². The van der Waals surface area contributed by atoms with E-state index in [9.17, 15) is 18.3 Å². The molecule has 2 aliphatic rings. The summed E-state index contributed by atoms with van der Waals surface area (Å²) in [6, 6.07) is 12.2. The van der Waals surface area contributed by atoms with Crippen LogP contribution in [0.2, 0.25) is 0 Å². The summed E-state index contributed by atoms with van der Waals surface area (Å²) >= 11 is 0. The first-order valence-electron chi connectivity index (χ1n) is 14.3. The molecule has 2 heterocycles. The van der Waals surface area contributed by atoms with E-state index in [1.807, 2.05) is 23.1 Å². The van der Waals surface area contributed by atoms with E-state index in [1.165, 1.54) is 6.07 Å². The van der Waals surface area contributed by atoms with Gasteiger partial charge in [-0.25, -0.2) is 13.1 Å². The molecule has 2 N–H and O–H groups in total. The van der Waals surface area contributed by atoms with E-state index in [1.54, 1.807) is 39.0 Å². The van der Waals surface area contributed by atoms with Gasteiger partial charge in [-0.3, -0.25) is 14.7 Å². The molecule has 3 aromatic rings. The van der Waals surface area contributed by atoms with Crippen molar-refractivity contribution in [1.29, 1.82) is 0 Å². The number of aliphatic imine (C=N–C) groups is 1. The minimum atomic E-state index is -4.04. The van der Waals surface area contributed by atoms with Gasteiger partial charge in [0.1, 0.15) is 11.4 Å². The molecule has 10 heteroatoms. The van der Waals surface area contributed by atoms with Crippen molar-refractivity contribution in [1.82, 2.24) is 10.1 Å². The molecule has 1 aliphatic carbocycles. The van der Waals surface area contributed by atoms with Gasteiger partial charge in [-0.05, 0) is 62.8 Å². The molecule has 1 spiro atoms. The average molecular weight is 579 g/mol. The lowest BCUT2D eigenvalue weighted by Gasteiger charge is -2.24. The molecule has 1 aromatic heterocycles. The molecular weight excluding hydrogens is 540 g/mol. The summed E-state index contributed by atoms with van der Waals surface area (Å²) in [6.07, 6.45) is 5.47. The quantitative estimate of drug-likeness (QED) is 0.301. The number of benzene rings is 2. The Bertz CT molecular complexity index is 1590. The van der Waals surface area contributed by atoms with E-state index in [-0.39, 0.29) is 16.7 Å². The lowest BCUT2D eigenvalue weighted by atomic mass is 9.94. The van der Waals surface area contributed by atoms with Crippen molar-refractivity contribution in [3.8, 4) is 11.1 Å². The van der Waals surface area contributed by atoms with Crippen LogP contribution >= 0.6 is 0 Å². The number of rotatable bonds is 10. The van der Waals surface area contributed by atoms with Gasteiger partial charge in [0.15, 0.2) is 0 Å². The molecule has 218 valence electrons. The fourth-order valence-electron chi connectivity index (χ4n) is 5.79. The van der Waals surface area contributed by atoms with Crippen molar-refractivity contribution < 1.29 is 22.8 Å². The second-order valence-electron chi connectivity index (χ2n) is 11.2. The maximum atomic E-state index is 13.6. The normalized spacial score (nSPS) is 17.3. The molecule has 0 bridgehead atoms. The van der Waals surface area contributed by atoms with Crippen LogP contribution in [0.4, 0.5) is 5.88 Å². The van der Waals surface area contributed by atoms with Gasteiger partial charge in [-0.2, -0.15) is 0 Å². The lowest BCUT2D eigenvalue weighted by Crippen LogP contribution is -2.40. The molecule has 1 fully saturated rings. The summed E-state index contributed by atoms with van der Waals surface area (Å²) in [7, 11) is -4.04. The van der Waals surface area contributed by atoms with E-state index in [0.29, 0.717) is 34.5 Å². The van der Waals surface area contributed by atoms with Gasteiger partial charge in [0.2, 0.25) is 5.88 Å². The van der Waals surface area contributed by atoms with E-state index < -0.39 is 21.7 Å². The van der Waals surface area contributed by atoms with Gasteiger partial charge < -0.3 is 9.63 Å². The van der Waals surface area contributed by atoms with Crippen LogP contribution in [0.1, 0.15) is 87.3 Å². The minimum Gasteiger partial charge on any atom is -0.389 e. The van der Waals surface area contributed by atoms with Crippen LogP contribution in [0.25, 0.3) is 11.1 Å². The SMILES string of the molecule is CCCCC1=NC2(CCCC2)C(=O)N1Cc1ccc(-c2ccccc2S(=O)(=O)Nc2onc(C)c2C)c(C(C)O)c1. The van der Waals surface area contributed by atoms with Gasteiger partial charge in [0, 0.05) is 17.5 Å². The summed E-state index contributed by atoms with van der Waals surface area (Å²) in [6.45, 7) is 7.61. The Morgan fingerprint density at radius 3 is 2.51 bits per heavy atom. The molecule has 0 saturated heterocycles. The number of anilines is 1. The first-order valence-corrected chi connectivity index (χ1v) is 15.8. The molecule has 5 rings (SSSR count). The number of nitrogens with one attached hydrogen (secondary N) is 1. The second-order valence-corrected chi connectivity index (χ2v) is 12.8. The Morgan fingerprint density at radius 1 is 1.12 bits per heavy atom. The highest BCUT2D eigenvalue weighted by Crippen LogP contribution is 2.41. The molecule has 41 heavy (non-hydrogen) atoms. The van der Waals surface area contributed by atoms with E-state index in [4.69, 9.17) is 9.52 Å². The third-order valence-electron chi connectivity index (χ3n) is 8.24. The number of unbranched alkanes of at least 4 members (excludes halogenated alkanes) is 1. The molecule has 1 atom stereocenters. The molecule has 2 aromatic carbocycles. The third-order valence-corrected chi connectivity index (χ3v) is 9.63. The number of carbonyl (C=O) groups excluding carboxylic acids is 1. The molecule has 9 nitrogen and oxygen atoms in total. The van der Waals surface area contributed by atoms with Crippen molar-refractivity contribution in [2.75, 3.05) is 4.72 Å². The van der Waals surface area contributed by atoms with Crippen LogP contribution < -0.4 is 4.72 Å². The highest BCUT2D eigenvalue weighted by molar-refractivity contribution is 7.92.